The second-order valence-electron chi connectivity index (χ2n) is 6.58. The third kappa shape index (κ3) is 5.76. The third-order valence-electron chi connectivity index (χ3n) is 4.56. The predicted molar refractivity (Wildman–Crippen MR) is 121 cm³/mol. The van der Waals surface area contributed by atoms with Crippen LogP contribution in [0.3, 0.4) is 0 Å². The van der Waals surface area contributed by atoms with Crippen molar-refractivity contribution in [3.8, 4) is 11.4 Å². The van der Waals surface area contributed by atoms with E-state index in [0.717, 1.165) is 34.0 Å². The Morgan fingerprint density at radius 2 is 1.87 bits per heavy atom. The highest BCUT2D eigenvalue weighted by Gasteiger charge is 2.07. The summed E-state index contributed by atoms with van der Waals surface area (Å²) < 4.78 is 20.5. The Morgan fingerprint density at radius 3 is 2.57 bits per heavy atom. The van der Waals surface area contributed by atoms with E-state index >= 15 is 0 Å². The fourth-order valence-corrected chi connectivity index (χ4v) is 3.55. The molecule has 0 atom stereocenters. The zero-order chi connectivity index (χ0) is 21.3. The average Bonchev–Trinajstić information content (AvgIpc) is 3.24. The molecule has 3 rings (SSSR count). The van der Waals surface area contributed by atoms with E-state index in [9.17, 15) is 4.39 Å². The van der Waals surface area contributed by atoms with Gasteiger partial charge in [-0.15, -0.1) is 0 Å². The van der Waals surface area contributed by atoms with Crippen molar-refractivity contribution >= 4 is 17.7 Å². The van der Waals surface area contributed by atoms with Gasteiger partial charge in [-0.05, 0) is 59.8 Å². The minimum Gasteiger partial charge on any atom is -0.497 e. The van der Waals surface area contributed by atoms with Crippen molar-refractivity contribution in [2.75, 3.05) is 20.4 Å². The Labute approximate surface area is 180 Å². The van der Waals surface area contributed by atoms with Crippen molar-refractivity contribution in [1.82, 2.24) is 20.4 Å². The summed E-state index contributed by atoms with van der Waals surface area (Å²) in [5.41, 5.74) is 3.89. The summed E-state index contributed by atoms with van der Waals surface area (Å²) in [6, 6.07) is 14.6. The molecule has 0 saturated heterocycles. The van der Waals surface area contributed by atoms with E-state index in [1.165, 1.54) is 6.07 Å². The maximum absolute atomic E-state index is 13.5. The summed E-state index contributed by atoms with van der Waals surface area (Å²) in [6.07, 6.45) is 3.93. The number of methoxy groups -OCH3 is 1. The Balaban J connectivity index is 1.56. The van der Waals surface area contributed by atoms with Crippen LogP contribution in [0, 0.1) is 5.82 Å². The number of nitrogens with one attached hydrogen (secondary N) is 2. The molecule has 1 aromatic heterocycles. The molecule has 2 aromatic carbocycles. The number of thioether (sulfide) groups is 1. The van der Waals surface area contributed by atoms with E-state index < -0.39 is 0 Å². The van der Waals surface area contributed by atoms with Gasteiger partial charge in [-0.25, -0.2) is 9.07 Å². The molecule has 0 aliphatic rings. The van der Waals surface area contributed by atoms with Gasteiger partial charge in [0.15, 0.2) is 5.96 Å². The first-order valence-electron chi connectivity index (χ1n) is 9.52. The van der Waals surface area contributed by atoms with E-state index in [-0.39, 0.29) is 5.82 Å². The zero-order valence-corrected chi connectivity index (χ0v) is 18.2. The van der Waals surface area contributed by atoms with Crippen LogP contribution < -0.4 is 15.4 Å². The summed E-state index contributed by atoms with van der Waals surface area (Å²) in [6.45, 7) is 1.10. The largest absolute Gasteiger partial charge is 0.497 e. The third-order valence-corrected chi connectivity index (χ3v) is 5.16. The lowest BCUT2D eigenvalue weighted by molar-refractivity contribution is 0.414. The maximum Gasteiger partial charge on any atom is 0.191 e. The lowest BCUT2D eigenvalue weighted by Crippen LogP contribution is -2.36. The number of hydrogen-bond acceptors (Lipinski definition) is 4. The quantitative estimate of drug-likeness (QED) is 0.424. The first kappa shape index (κ1) is 21.7. The molecule has 0 aliphatic heterocycles. The Morgan fingerprint density at radius 1 is 1.10 bits per heavy atom. The highest BCUT2D eigenvalue weighted by molar-refractivity contribution is 7.97. The van der Waals surface area contributed by atoms with Gasteiger partial charge in [0.05, 0.1) is 25.0 Å². The summed E-state index contributed by atoms with van der Waals surface area (Å²) in [5, 5.41) is 11.1. The van der Waals surface area contributed by atoms with Crippen LogP contribution in [-0.2, 0) is 18.8 Å². The molecule has 0 saturated carbocycles. The lowest BCUT2D eigenvalue weighted by atomic mass is 10.1. The molecule has 30 heavy (non-hydrogen) atoms. The first-order chi connectivity index (χ1) is 14.6. The number of benzene rings is 2. The summed E-state index contributed by atoms with van der Waals surface area (Å²) >= 11 is 1.67. The van der Waals surface area contributed by atoms with E-state index in [4.69, 9.17) is 4.74 Å². The number of aliphatic imine (C=N–C) groups is 1. The number of guanidine groups is 1. The second kappa shape index (κ2) is 10.7. The van der Waals surface area contributed by atoms with E-state index in [1.807, 2.05) is 53.5 Å². The molecule has 0 amide bonds. The summed E-state index contributed by atoms with van der Waals surface area (Å²) in [5.74, 6) is 2.03. The summed E-state index contributed by atoms with van der Waals surface area (Å²) in [7, 11) is 3.37. The van der Waals surface area contributed by atoms with Gasteiger partial charge in [-0.3, -0.25) is 4.99 Å². The molecular formula is C22H26FN5OS. The Bertz CT molecular complexity index is 987. The predicted octanol–water partition coefficient (Wildman–Crippen LogP) is 3.75. The normalized spacial score (nSPS) is 11.4. The van der Waals surface area contributed by atoms with Gasteiger partial charge in [0.2, 0.25) is 0 Å². The minimum atomic E-state index is -0.210. The van der Waals surface area contributed by atoms with Crippen LogP contribution in [0.25, 0.3) is 5.69 Å². The molecule has 0 aliphatic carbocycles. The fourth-order valence-electron chi connectivity index (χ4n) is 2.97. The smallest absolute Gasteiger partial charge is 0.191 e. The first-order valence-corrected chi connectivity index (χ1v) is 10.9. The molecule has 1 heterocycles. The van der Waals surface area contributed by atoms with Crippen molar-refractivity contribution in [3.63, 3.8) is 0 Å². The molecule has 0 bridgehead atoms. The SMILES string of the molecule is CN=C(NCc1ccn(-c2ccc(OC)cc2)n1)NCc1ccc(F)cc1CSC. The lowest BCUT2D eigenvalue weighted by Gasteiger charge is -2.13. The Kier molecular flexibility index (Phi) is 7.73. The van der Waals surface area contributed by atoms with Gasteiger partial charge >= 0.3 is 0 Å². The van der Waals surface area contributed by atoms with Crippen molar-refractivity contribution in [1.29, 1.82) is 0 Å². The molecule has 158 valence electrons. The van der Waals surface area contributed by atoms with Crippen LogP contribution >= 0.6 is 11.8 Å². The van der Waals surface area contributed by atoms with Crippen LogP contribution in [0.2, 0.25) is 0 Å². The summed E-state index contributed by atoms with van der Waals surface area (Å²) in [4.78, 5) is 4.26. The molecule has 0 fully saturated rings. The fraction of sp³-hybridized carbons (Fsp3) is 0.273. The van der Waals surface area contributed by atoms with Crippen LogP contribution in [0.5, 0.6) is 5.75 Å². The topological polar surface area (TPSA) is 63.5 Å². The van der Waals surface area contributed by atoms with Gasteiger partial charge in [0.25, 0.3) is 0 Å². The molecule has 0 spiro atoms. The highest BCUT2D eigenvalue weighted by Crippen LogP contribution is 2.17. The van der Waals surface area contributed by atoms with Crippen LogP contribution in [0.4, 0.5) is 4.39 Å². The van der Waals surface area contributed by atoms with Gasteiger partial charge in [-0.2, -0.15) is 16.9 Å². The van der Waals surface area contributed by atoms with Crippen LogP contribution in [0.1, 0.15) is 16.8 Å². The van der Waals surface area contributed by atoms with Crippen molar-refractivity contribution in [2.45, 2.75) is 18.8 Å². The van der Waals surface area contributed by atoms with E-state index in [0.29, 0.717) is 19.0 Å². The molecule has 0 radical (unpaired) electrons. The molecule has 8 heteroatoms. The molecule has 6 nitrogen and oxygen atoms in total. The maximum atomic E-state index is 13.5. The number of aromatic nitrogens is 2. The van der Waals surface area contributed by atoms with Crippen LogP contribution in [0.15, 0.2) is 59.7 Å². The minimum absolute atomic E-state index is 0.210. The van der Waals surface area contributed by atoms with Crippen molar-refractivity contribution in [2.24, 2.45) is 4.99 Å². The number of halogens is 1. The average molecular weight is 428 g/mol. The molecule has 3 aromatic rings. The Hall–Kier alpha value is -3.00. The highest BCUT2D eigenvalue weighted by atomic mass is 32.2. The monoisotopic (exact) mass is 427 g/mol. The molecule has 0 unspecified atom stereocenters. The zero-order valence-electron chi connectivity index (χ0n) is 17.4. The van der Waals surface area contributed by atoms with E-state index in [2.05, 4.69) is 20.7 Å². The number of rotatable bonds is 8. The molecule has 2 N–H and O–H groups in total. The van der Waals surface area contributed by atoms with Gasteiger partial charge in [0, 0.05) is 25.5 Å². The second-order valence-corrected chi connectivity index (χ2v) is 7.44. The van der Waals surface area contributed by atoms with Gasteiger partial charge < -0.3 is 15.4 Å². The van der Waals surface area contributed by atoms with Gasteiger partial charge in [-0.1, -0.05) is 6.07 Å². The van der Waals surface area contributed by atoms with Crippen LogP contribution in [-0.4, -0.2) is 36.2 Å². The number of hydrogen-bond donors (Lipinski definition) is 2. The van der Waals surface area contributed by atoms with Gasteiger partial charge in [0.1, 0.15) is 11.6 Å². The van der Waals surface area contributed by atoms with Crippen molar-refractivity contribution in [3.05, 3.63) is 77.4 Å². The number of nitrogens with zero attached hydrogens (tertiary/aromatic N) is 3. The van der Waals surface area contributed by atoms with E-state index in [1.54, 1.807) is 32.0 Å². The van der Waals surface area contributed by atoms with Crippen molar-refractivity contribution < 1.29 is 9.13 Å². The molecular weight excluding hydrogens is 401 g/mol. The number of ether oxygens (including phenoxy) is 1. The standard InChI is InChI=1S/C22H26FN5OS/c1-24-22(25-13-16-4-5-18(23)12-17(16)15-30-3)26-14-19-10-11-28(27-19)20-6-8-21(29-2)9-7-20/h4-12H,13-15H2,1-3H3,(H2,24,25,26).